The van der Waals surface area contributed by atoms with Crippen LogP contribution in [0.1, 0.15) is 42.2 Å². The number of likely N-dealkylation sites (tertiary alicyclic amines) is 1. The number of urea groups is 1. The third-order valence-electron chi connectivity index (χ3n) is 5.88. The lowest BCUT2D eigenvalue weighted by Crippen LogP contribution is -2.52. The maximum absolute atomic E-state index is 13.0. The standard InChI is InChI=1S/C21H25N3O2S/c25-18-8-9-21(15-22-18)10-12-24(13-11-21)20(26)23-19(17-7-4-14-27-17)16-5-2-1-3-6-16/h1-7,14,19H,8-13,15H2,(H,22,25)(H,23,26)/t19-/m0/s1. The molecule has 142 valence electrons. The van der Waals surface area contributed by atoms with Crippen molar-refractivity contribution in [3.63, 3.8) is 0 Å². The Morgan fingerprint density at radius 3 is 2.52 bits per heavy atom. The lowest BCUT2D eigenvalue weighted by molar-refractivity contribution is -0.125. The molecule has 1 aromatic heterocycles. The second-order valence-electron chi connectivity index (χ2n) is 7.57. The van der Waals surface area contributed by atoms with Gasteiger partial charge in [-0.05, 0) is 41.7 Å². The number of carbonyl (C=O) groups excluding carboxylic acids is 2. The minimum absolute atomic E-state index is 0.00746. The number of hydrogen-bond donors (Lipinski definition) is 2. The van der Waals surface area contributed by atoms with Crippen LogP contribution in [0.3, 0.4) is 0 Å². The van der Waals surface area contributed by atoms with Crippen molar-refractivity contribution in [2.24, 2.45) is 5.41 Å². The molecule has 2 aromatic rings. The Bertz CT molecular complexity index is 771. The zero-order valence-electron chi connectivity index (χ0n) is 15.3. The molecule has 27 heavy (non-hydrogen) atoms. The van der Waals surface area contributed by atoms with Crippen LogP contribution in [-0.4, -0.2) is 36.5 Å². The zero-order valence-corrected chi connectivity index (χ0v) is 16.1. The fourth-order valence-electron chi connectivity index (χ4n) is 4.09. The van der Waals surface area contributed by atoms with Crippen LogP contribution in [0.4, 0.5) is 4.79 Å². The minimum Gasteiger partial charge on any atom is -0.356 e. The van der Waals surface area contributed by atoms with Gasteiger partial charge in [-0.2, -0.15) is 0 Å². The molecule has 5 nitrogen and oxygen atoms in total. The summed E-state index contributed by atoms with van der Waals surface area (Å²) in [5.74, 6) is 0.155. The molecule has 2 aliphatic heterocycles. The number of carbonyl (C=O) groups is 2. The monoisotopic (exact) mass is 383 g/mol. The van der Waals surface area contributed by atoms with E-state index in [9.17, 15) is 9.59 Å². The van der Waals surface area contributed by atoms with E-state index in [2.05, 4.69) is 28.8 Å². The van der Waals surface area contributed by atoms with Crippen LogP contribution >= 0.6 is 11.3 Å². The summed E-state index contributed by atoms with van der Waals surface area (Å²) in [6, 6.07) is 14.1. The van der Waals surface area contributed by atoms with Gasteiger partial charge in [0.1, 0.15) is 0 Å². The first-order valence-corrected chi connectivity index (χ1v) is 10.4. The quantitative estimate of drug-likeness (QED) is 0.852. The Balaban J connectivity index is 1.41. The largest absolute Gasteiger partial charge is 0.356 e. The molecule has 1 spiro atoms. The minimum atomic E-state index is -0.122. The molecule has 0 aliphatic carbocycles. The molecule has 1 aromatic carbocycles. The van der Waals surface area contributed by atoms with Crippen molar-refractivity contribution in [2.75, 3.05) is 19.6 Å². The van der Waals surface area contributed by atoms with E-state index in [1.807, 2.05) is 34.5 Å². The second kappa shape index (κ2) is 7.72. The van der Waals surface area contributed by atoms with E-state index in [1.54, 1.807) is 11.3 Å². The van der Waals surface area contributed by atoms with Crippen molar-refractivity contribution in [2.45, 2.75) is 31.7 Å². The van der Waals surface area contributed by atoms with Crippen molar-refractivity contribution >= 4 is 23.3 Å². The van der Waals surface area contributed by atoms with Crippen LogP contribution in [0, 0.1) is 5.41 Å². The van der Waals surface area contributed by atoms with Gasteiger partial charge in [0.05, 0.1) is 6.04 Å². The fraction of sp³-hybridized carbons (Fsp3) is 0.429. The van der Waals surface area contributed by atoms with Gasteiger partial charge in [0.25, 0.3) is 0 Å². The van der Waals surface area contributed by atoms with Gasteiger partial charge >= 0.3 is 6.03 Å². The third-order valence-corrected chi connectivity index (χ3v) is 6.82. The number of hydrogen-bond acceptors (Lipinski definition) is 3. The molecular formula is C21H25N3O2S. The normalized spacial score (nSPS) is 20.1. The molecule has 0 unspecified atom stereocenters. The van der Waals surface area contributed by atoms with Crippen molar-refractivity contribution in [3.8, 4) is 0 Å². The number of benzene rings is 1. The average Bonchev–Trinajstić information content (AvgIpc) is 3.24. The Hall–Kier alpha value is -2.34. The maximum atomic E-state index is 13.0. The van der Waals surface area contributed by atoms with E-state index < -0.39 is 0 Å². The van der Waals surface area contributed by atoms with E-state index in [-0.39, 0.29) is 23.4 Å². The lowest BCUT2D eigenvalue weighted by atomic mass is 9.73. The number of piperidine rings is 2. The smallest absolute Gasteiger partial charge is 0.318 e. The van der Waals surface area contributed by atoms with Crippen LogP contribution in [0.5, 0.6) is 0 Å². The molecule has 1 atom stereocenters. The Morgan fingerprint density at radius 2 is 1.89 bits per heavy atom. The lowest BCUT2D eigenvalue weighted by Gasteiger charge is -2.44. The molecule has 3 heterocycles. The molecule has 0 radical (unpaired) electrons. The highest BCUT2D eigenvalue weighted by atomic mass is 32.1. The molecule has 2 N–H and O–H groups in total. The van der Waals surface area contributed by atoms with E-state index in [0.29, 0.717) is 6.42 Å². The fourth-order valence-corrected chi connectivity index (χ4v) is 4.89. The predicted molar refractivity (Wildman–Crippen MR) is 107 cm³/mol. The molecular weight excluding hydrogens is 358 g/mol. The summed E-state index contributed by atoms with van der Waals surface area (Å²) in [6.45, 7) is 2.24. The number of thiophene rings is 1. The number of rotatable bonds is 3. The second-order valence-corrected chi connectivity index (χ2v) is 8.55. The van der Waals surface area contributed by atoms with E-state index in [0.717, 1.165) is 49.3 Å². The summed E-state index contributed by atoms with van der Waals surface area (Å²) in [5, 5.41) is 8.27. The first-order valence-electron chi connectivity index (χ1n) is 9.56. The topological polar surface area (TPSA) is 61.4 Å². The van der Waals surface area contributed by atoms with Gasteiger partial charge in [-0.3, -0.25) is 4.79 Å². The SMILES string of the molecule is O=C1CCC2(CCN(C(=O)N[C@@H](c3ccccc3)c3cccs3)CC2)CN1. The van der Waals surface area contributed by atoms with Gasteiger partial charge in [-0.15, -0.1) is 11.3 Å². The van der Waals surface area contributed by atoms with Gasteiger partial charge in [-0.1, -0.05) is 36.4 Å². The molecule has 4 rings (SSSR count). The van der Waals surface area contributed by atoms with Crippen molar-refractivity contribution < 1.29 is 9.59 Å². The van der Waals surface area contributed by atoms with E-state index >= 15 is 0 Å². The first-order chi connectivity index (χ1) is 13.2. The van der Waals surface area contributed by atoms with Gasteiger partial charge < -0.3 is 15.5 Å². The van der Waals surface area contributed by atoms with Gasteiger partial charge in [0.2, 0.25) is 5.91 Å². The van der Waals surface area contributed by atoms with Gasteiger partial charge in [-0.25, -0.2) is 4.79 Å². The molecule has 2 aliphatic rings. The highest BCUT2D eigenvalue weighted by Gasteiger charge is 2.39. The number of amides is 3. The molecule has 0 bridgehead atoms. The highest BCUT2D eigenvalue weighted by molar-refractivity contribution is 7.10. The molecule has 2 fully saturated rings. The predicted octanol–water partition coefficient (Wildman–Crippen LogP) is 3.54. The zero-order chi connectivity index (χ0) is 18.7. The van der Waals surface area contributed by atoms with Crippen LogP contribution in [0.25, 0.3) is 0 Å². The maximum Gasteiger partial charge on any atom is 0.318 e. The Labute approximate surface area is 163 Å². The first kappa shape index (κ1) is 18.0. The van der Waals surface area contributed by atoms with Crippen molar-refractivity contribution in [1.82, 2.24) is 15.5 Å². The van der Waals surface area contributed by atoms with Crippen LogP contribution < -0.4 is 10.6 Å². The molecule has 2 saturated heterocycles. The highest BCUT2D eigenvalue weighted by Crippen LogP contribution is 2.37. The molecule has 6 heteroatoms. The van der Waals surface area contributed by atoms with Crippen LogP contribution in [0.2, 0.25) is 0 Å². The van der Waals surface area contributed by atoms with Gasteiger partial charge in [0, 0.05) is 30.9 Å². The Morgan fingerprint density at radius 1 is 1.11 bits per heavy atom. The molecule has 3 amide bonds. The summed E-state index contributed by atoms with van der Waals surface area (Å²) in [5.41, 5.74) is 1.27. The summed E-state index contributed by atoms with van der Waals surface area (Å²) < 4.78 is 0. The summed E-state index contributed by atoms with van der Waals surface area (Å²) in [6.07, 6.45) is 3.46. The number of nitrogens with zero attached hydrogens (tertiary/aromatic N) is 1. The summed E-state index contributed by atoms with van der Waals surface area (Å²) in [7, 11) is 0. The van der Waals surface area contributed by atoms with E-state index in [4.69, 9.17) is 0 Å². The van der Waals surface area contributed by atoms with Crippen LogP contribution in [0.15, 0.2) is 47.8 Å². The average molecular weight is 384 g/mol. The third kappa shape index (κ3) is 4.00. The Kier molecular flexibility index (Phi) is 5.16. The molecule has 0 saturated carbocycles. The summed E-state index contributed by atoms with van der Waals surface area (Å²) >= 11 is 1.66. The van der Waals surface area contributed by atoms with Gasteiger partial charge in [0.15, 0.2) is 0 Å². The van der Waals surface area contributed by atoms with Crippen LogP contribution in [-0.2, 0) is 4.79 Å². The van der Waals surface area contributed by atoms with Crippen molar-refractivity contribution in [3.05, 3.63) is 58.3 Å². The van der Waals surface area contributed by atoms with Crippen molar-refractivity contribution in [1.29, 1.82) is 0 Å². The number of nitrogens with one attached hydrogen (secondary N) is 2. The summed E-state index contributed by atoms with van der Waals surface area (Å²) in [4.78, 5) is 27.5. The van der Waals surface area contributed by atoms with E-state index in [1.165, 1.54) is 0 Å².